The number of aliphatic hydroxyl groups excluding tert-OH is 1. The number of carbonyl (C=O) groups excluding carboxylic acids is 1. The zero-order chi connectivity index (χ0) is 37.7. The number of carbonyl (C=O) groups is 1. The van der Waals surface area contributed by atoms with E-state index in [1.54, 1.807) is 45.2 Å². The van der Waals surface area contributed by atoms with Crippen LogP contribution in [-0.4, -0.2) is 72.8 Å². The standard InChI is InChI=1S/C40H40N6O8/c1-19-10-27(48)33-28(51-19)15-29-35(36(33)49)34-26(47)6-8-40(38(50)52-37(34)39(2,3)53-29)30(54-40)5-4-20-11-24(45-31(41)12-20)22-13-23(44-32(42)14-22)17-46-16-21-7-9-43-25(21)18-46/h7,9-16,26,30,34,37,47,49H,4-6,8,17-18H2,1-3H3,(H2,41,45)(H2,42,44)/t26-,30-,34+,37-,40+/m1/s1. The van der Waals surface area contributed by atoms with Crippen LogP contribution in [0.1, 0.15) is 61.6 Å². The number of nitrogens with zero attached hydrogens (tertiary/aromatic N) is 4. The summed E-state index contributed by atoms with van der Waals surface area (Å²) in [5.74, 6) is -0.423. The zero-order valence-electron chi connectivity index (χ0n) is 30.0. The number of aromatic nitrogens is 2. The molecule has 0 bridgehead atoms. The number of fused-ring (bicyclic) bond motifs is 5. The lowest BCUT2D eigenvalue weighted by molar-refractivity contribution is -0.179. The molecule has 8 heterocycles. The molecule has 5 aliphatic heterocycles. The lowest BCUT2D eigenvalue weighted by atomic mass is 9.74. The molecule has 6 N–H and O–H groups in total. The van der Waals surface area contributed by atoms with Crippen molar-refractivity contribution in [3.8, 4) is 22.8 Å². The number of ether oxygens (including phenoxy) is 3. The molecule has 3 aromatic heterocycles. The van der Waals surface area contributed by atoms with E-state index in [2.05, 4.69) is 26.1 Å². The van der Waals surface area contributed by atoms with Crippen LogP contribution >= 0.6 is 0 Å². The van der Waals surface area contributed by atoms with Crippen molar-refractivity contribution in [2.75, 3.05) is 18.0 Å². The highest BCUT2D eigenvalue weighted by Gasteiger charge is 2.66. The lowest BCUT2D eigenvalue weighted by Gasteiger charge is -2.47. The summed E-state index contributed by atoms with van der Waals surface area (Å²) in [6.45, 7) is 6.42. The number of benzene rings is 1. The van der Waals surface area contributed by atoms with Crippen LogP contribution in [0.25, 0.3) is 22.2 Å². The van der Waals surface area contributed by atoms with Crippen LogP contribution in [0, 0.1) is 6.92 Å². The van der Waals surface area contributed by atoms with Gasteiger partial charge in [0.1, 0.15) is 45.5 Å². The van der Waals surface area contributed by atoms with Crippen LogP contribution in [0.3, 0.4) is 0 Å². The highest BCUT2D eigenvalue weighted by molar-refractivity contribution is 6.07. The van der Waals surface area contributed by atoms with Crippen molar-refractivity contribution < 1.29 is 33.6 Å². The van der Waals surface area contributed by atoms with E-state index >= 15 is 0 Å². The second-order valence-corrected chi connectivity index (χ2v) is 15.4. The first-order valence-corrected chi connectivity index (χ1v) is 18.1. The number of nitrogens with two attached hydrogens (primary N) is 2. The van der Waals surface area contributed by atoms with Crippen LogP contribution in [0.2, 0.25) is 0 Å². The Hall–Kier alpha value is -5.73. The Morgan fingerprint density at radius 3 is 2.69 bits per heavy atom. The van der Waals surface area contributed by atoms with Gasteiger partial charge in [-0.15, -0.1) is 0 Å². The molecular formula is C40H40N6O8. The maximum absolute atomic E-state index is 14.0. The SMILES string of the molecule is Cc1cc(=O)c2c(O)c3c(cc2o1)OC(C)(C)[C@@H]1OC(=O)[C@@]2(CC[C@@H](O)[C@@H]31)O[C@@H]2CCc1cc(N)nc(-c2cc(N)nc(CN3C=C4C=CN=C4C3)c2)c1. The van der Waals surface area contributed by atoms with Crippen molar-refractivity contribution in [3.05, 3.63) is 93.3 Å². The van der Waals surface area contributed by atoms with Gasteiger partial charge in [0.2, 0.25) is 0 Å². The van der Waals surface area contributed by atoms with Gasteiger partial charge in [0.25, 0.3) is 0 Å². The van der Waals surface area contributed by atoms with Crippen molar-refractivity contribution in [2.45, 2.75) is 88.4 Å². The van der Waals surface area contributed by atoms with Crippen molar-refractivity contribution >= 4 is 34.3 Å². The number of anilines is 2. The molecule has 9 rings (SSSR count). The number of hydrogen-bond donors (Lipinski definition) is 4. The number of aliphatic hydroxyl groups is 1. The Morgan fingerprint density at radius 1 is 1.06 bits per heavy atom. The van der Waals surface area contributed by atoms with Crippen molar-refractivity contribution in [3.63, 3.8) is 0 Å². The van der Waals surface area contributed by atoms with Crippen LogP contribution in [0.4, 0.5) is 11.6 Å². The number of esters is 1. The van der Waals surface area contributed by atoms with Gasteiger partial charge in [0, 0.05) is 41.2 Å². The van der Waals surface area contributed by atoms with Crippen LogP contribution in [-0.2, 0) is 27.2 Å². The molecule has 2 fully saturated rings. The minimum atomic E-state index is -1.24. The van der Waals surface area contributed by atoms with Gasteiger partial charge >= 0.3 is 5.97 Å². The Kier molecular flexibility index (Phi) is 7.66. The van der Waals surface area contributed by atoms with Gasteiger partial charge in [-0.3, -0.25) is 9.79 Å². The lowest BCUT2D eigenvalue weighted by Crippen LogP contribution is -2.56. The van der Waals surface area contributed by atoms with Crippen LogP contribution in [0.15, 0.2) is 74.7 Å². The molecule has 4 aromatic rings. The summed E-state index contributed by atoms with van der Waals surface area (Å²) >= 11 is 0. The molecule has 0 saturated carbocycles. The third-order valence-corrected chi connectivity index (χ3v) is 11.1. The summed E-state index contributed by atoms with van der Waals surface area (Å²) in [5.41, 5.74) is 15.4. The number of phenols is 1. The number of nitrogen functional groups attached to an aromatic ring is 2. The number of hydrogen-bond acceptors (Lipinski definition) is 14. The fourth-order valence-corrected chi connectivity index (χ4v) is 8.54. The van der Waals surface area contributed by atoms with E-state index in [4.69, 9.17) is 30.1 Å². The molecule has 54 heavy (non-hydrogen) atoms. The number of pyridine rings is 2. The number of allylic oxidation sites excluding steroid dienone is 1. The van der Waals surface area contributed by atoms with Gasteiger partial charge in [-0.1, -0.05) is 0 Å². The molecule has 14 heteroatoms. The second kappa shape index (κ2) is 12.1. The third kappa shape index (κ3) is 5.67. The first-order valence-electron chi connectivity index (χ1n) is 18.1. The summed E-state index contributed by atoms with van der Waals surface area (Å²) in [6.07, 6.45) is 4.74. The monoisotopic (exact) mass is 732 g/mol. The topological polar surface area (TPSA) is 212 Å². The molecular weight excluding hydrogens is 692 g/mol. The van der Waals surface area contributed by atoms with Gasteiger partial charge in [0.05, 0.1) is 48.3 Å². The predicted octanol–water partition coefficient (Wildman–Crippen LogP) is 4.19. The normalized spacial score (nSPS) is 26.3. The van der Waals surface area contributed by atoms with Gasteiger partial charge in [0.15, 0.2) is 17.1 Å². The van der Waals surface area contributed by atoms with Crippen LogP contribution in [0.5, 0.6) is 11.5 Å². The summed E-state index contributed by atoms with van der Waals surface area (Å²) < 4.78 is 24.3. The summed E-state index contributed by atoms with van der Waals surface area (Å²) in [5, 5.41) is 23.1. The van der Waals surface area contributed by atoms with E-state index in [1.165, 1.54) is 6.07 Å². The van der Waals surface area contributed by atoms with E-state index in [-0.39, 0.29) is 40.9 Å². The average Bonchev–Trinajstić information content (AvgIpc) is 3.43. The summed E-state index contributed by atoms with van der Waals surface area (Å²) in [6, 6.07) is 10.3. The van der Waals surface area contributed by atoms with E-state index in [0.29, 0.717) is 49.0 Å². The summed E-state index contributed by atoms with van der Waals surface area (Å²) in [7, 11) is 0. The molecule has 278 valence electrons. The van der Waals surface area contributed by atoms with E-state index in [9.17, 15) is 19.8 Å². The molecule has 0 unspecified atom stereocenters. The average molecular weight is 733 g/mol. The van der Waals surface area contributed by atoms with Gasteiger partial charge < -0.3 is 45.2 Å². The fourth-order valence-electron chi connectivity index (χ4n) is 8.54. The highest BCUT2D eigenvalue weighted by atomic mass is 16.7. The first kappa shape index (κ1) is 34.1. The molecule has 5 aliphatic rings. The number of aliphatic imine (C=N–C) groups is 1. The van der Waals surface area contributed by atoms with E-state index < -0.39 is 46.8 Å². The molecule has 0 aliphatic carbocycles. The quantitative estimate of drug-likeness (QED) is 0.162. The molecule has 1 spiro atoms. The Labute approximate surface area is 309 Å². The molecule has 0 amide bonds. The number of aromatic hydroxyl groups is 1. The Morgan fingerprint density at radius 2 is 1.87 bits per heavy atom. The summed E-state index contributed by atoms with van der Waals surface area (Å²) in [4.78, 5) is 42.6. The molecule has 1 aromatic carbocycles. The van der Waals surface area contributed by atoms with Crippen molar-refractivity contribution in [2.24, 2.45) is 4.99 Å². The largest absolute Gasteiger partial charge is 0.507 e. The van der Waals surface area contributed by atoms with Crippen molar-refractivity contribution in [1.82, 2.24) is 14.9 Å². The van der Waals surface area contributed by atoms with E-state index in [0.717, 1.165) is 28.1 Å². The Balaban J connectivity index is 0.925. The minimum absolute atomic E-state index is 0.0210. The molecule has 0 radical (unpaired) electrons. The van der Waals surface area contributed by atoms with Crippen LogP contribution < -0.4 is 21.6 Å². The maximum Gasteiger partial charge on any atom is 0.341 e. The molecule has 14 nitrogen and oxygen atoms in total. The second-order valence-electron chi connectivity index (χ2n) is 15.4. The molecule has 5 atom stereocenters. The predicted molar refractivity (Wildman–Crippen MR) is 199 cm³/mol. The Bertz CT molecular complexity index is 2420. The van der Waals surface area contributed by atoms with Gasteiger partial charge in [-0.05, 0) is 82.4 Å². The van der Waals surface area contributed by atoms with E-state index in [1.807, 2.05) is 18.2 Å². The molecule has 2 saturated heterocycles. The fraction of sp³-hybridized carbons (Fsp3) is 0.375. The zero-order valence-corrected chi connectivity index (χ0v) is 30.0. The number of rotatable bonds is 6. The minimum Gasteiger partial charge on any atom is -0.507 e. The smallest absolute Gasteiger partial charge is 0.341 e. The van der Waals surface area contributed by atoms with Gasteiger partial charge in [-0.25, -0.2) is 14.8 Å². The maximum atomic E-state index is 14.0. The highest BCUT2D eigenvalue weighted by Crippen LogP contribution is 2.54. The van der Waals surface area contributed by atoms with Gasteiger partial charge in [-0.2, -0.15) is 0 Å². The number of aryl methyl sites for hydroxylation is 2. The first-order chi connectivity index (χ1) is 25.8. The third-order valence-electron chi connectivity index (χ3n) is 11.1. The van der Waals surface area contributed by atoms with Crippen molar-refractivity contribution in [1.29, 1.82) is 0 Å². The number of phenolic OH excluding ortho intramolecular Hbond substituents is 1. The number of epoxide rings is 1.